The van der Waals surface area contributed by atoms with E-state index >= 15 is 0 Å². The Bertz CT molecular complexity index is 1130. The van der Waals surface area contributed by atoms with Gasteiger partial charge >= 0.3 is 0 Å². The zero-order valence-electron chi connectivity index (χ0n) is 14.5. The van der Waals surface area contributed by atoms with Gasteiger partial charge < -0.3 is 14.6 Å². The lowest BCUT2D eigenvalue weighted by Gasteiger charge is -2.14. The number of aryl methyl sites for hydroxylation is 1. The summed E-state index contributed by atoms with van der Waals surface area (Å²) in [4.78, 5) is 4.61. The first-order chi connectivity index (χ1) is 13.1. The van der Waals surface area contributed by atoms with E-state index in [0.29, 0.717) is 11.3 Å². The molecule has 27 heavy (non-hydrogen) atoms. The summed E-state index contributed by atoms with van der Waals surface area (Å²) in [7, 11) is 0. The van der Waals surface area contributed by atoms with Gasteiger partial charge in [-0.2, -0.15) is 5.26 Å². The summed E-state index contributed by atoms with van der Waals surface area (Å²) < 4.78 is 13.6. The second kappa shape index (κ2) is 7.53. The van der Waals surface area contributed by atoms with Crippen LogP contribution in [0.5, 0.6) is 11.5 Å². The monoisotopic (exact) mass is 396 g/mol. The molecular weight excluding hydrogens is 380 g/mol. The predicted molar refractivity (Wildman–Crippen MR) is 108 cm³/mol. The van der Waals surface area contributed by atoms with Crippen molar-refractivity contribution in [1.82, 2.24) is 4.98 Å². The molecule has 1 atom stereocenters. The van der Waals surface area contributed by atoms with E-state index < -0.39 is 6.10 Å². The number of ether oxygens (including phenoxy) is 2. The number of nitrogens with zero attached hydrogens (tertiary/aromatic N) is 2. The van der Waals surface area contributed by atoms with Crippen molar-refractivity contribution in [2.45, 2.75) is 13.0 Å². The largest absolute Gasteiger partial charge is 0.491 e. The lowest BCUT2D eigenvalue weighted by Crippen LogP contribution is -2.25. The zero-order chi connectivity index (χ0) is 18.8. The van der Waals surface area contributed by atoms with Gasteiger partial charge in [-0.15, -0.1) is 22.7 Å². The van der Waals surface area contributed by atoms with Crippen molar-refractivity contribution in [1.29, 1.82) is 5.26 Å². The van der Waals surface area contributed by atoms with Gasteiger partial charge in [0.05, 0.1) is 31.6 Å². The van der Waals surface area contributed by atoms with Crippen LogP contribution in [0.3, 0.4) is 0 Å². The molecule has 0 saturated heterocycles. The van der Waals surface area contributed by atoms with Gasteiger partial charge in [-0.05, 0) is 42.6 Å². The highest BCUT2D eigenvalue weighted by molar-refractivity contribution is 7.21. The number of thiophene rings is 1. The summed E-state index contributed by atoms with van der Waals surface area (Å²) in [5.74, 6) is 1.36. The summed E-state index contributed by atoms with van der Waals surface area (Å²) >= 11 is 3.28. The van der Waals surface area contributed by atoms with Gasteiger partial charge in [-0.3, -0.25) is 0 Å². The molecule has 1 N–H and O–H groups in total. The van der Waals surface area contributed by atoms with E-state index in [9.17, 15) is 5.11 Å². The number of nitriles is 1. The Morgan fingerprint density at radius 2 is 1.96 bits per heavy atom. The molecule has 1 unspecified atom stereocenters. The molecule has 2 heterocycles. The van der Waals surface area contributed by atoms with Crippen molar-refractivity contribution < 1.29 is 14.6 Å². The van der Waals surface area contributed by atoms with Crippen LogP contribution in [0.25, 0.3) is 20.3 Å². The van der Waals surface area contributed by atoms with Gasteiger partial charge in [0.2, 0.25) is 0 Å². The Kier molecular flexibility index (Phi) is 4.94. The third-order valence-corrected chi connectivity index (χ3v) is 5.86. The van der Waals surface area contributed by atoms with Crippen molar-refractivity contribution >= 4 is 43.0 Å². The highest BCUT2D eigenvalue weighted by atomic mass is 32.1. The average Bonchev–Trinajstić information content (AvgIpc) is 3.30. The van der Waals surface area contributed by atoms with E-state index in [0.717, 1.165) is 31.1 Å². The minimum absolute atomic E-state index is 0.112. The maximum atomic E-state index is 10.2. The van der Waals surface area contributed by atoms with E-state index in [-0.39, 0.29) is 13.2 Å². The number of hydrogen-bond acceptors (Lipinski definition) is 7. The highest BCUT2D eigenvalue weighted by Crippen LogP contribution is 2.38. The van der Waals surface area contributed by atoms with Crippen LogP contribution in [0, 0.1) is 18.3 Å². The third-order valence-electron chi connectivity index (χ3n) is 4.03. The van der Waals surface area contributed by atoms with Gasteiger partial charge in [0.15, 0.2) is 0 Å². The standard InChI is InChI=1S/C20H16N2O3S2/c1-12-22-19-18(27-12)8-17(16-6-7-26-20(16)19)25-11-14(23)10-24-15-4-2-13(9-21)3-5-15/h2-8,14,23H,10-11H2,1H3. The van der Waals surface area contributed by atoms with Crippen LogP contribution in [0.2, 0.25) is 0 Å². The Balaban J connectivity index is 1.42. The van der Waals surface area contributed by atoms with Crippen molar-refractivity contribution in [3.05, 3.63) is 52.3 Å². The summed E-state index contributed by atoms with van der Waals surface area (Å²) in [5.41, 5.74) is 1.58. The summed E-state index contributed by atoms with van der Waals surface area (Å²) in [6, 6.07) is 12.8. The number of fused-ring (bicyclic) bond motifs is 3. The molecule has 0 spiro atoms. The fourth-order valence-electron chi connectivity index (χ4n) is 2.76. The molecule has 7 heteroatoms. The normalized spacial score (nSPS) is 12.2. The first kappa shape index (κ1) is 17.7. The van der Waals surface area contributed by atoms with Crippen LogP contribution in [-0.4, -0.2) is 29.4 Å². The van der Waals surface area contributed by atoms with Crippen molar-refractivity contribution in [3.63, 3.8) is 0 Å². The van der Waals surface area contributed by atoms with Crippen LogP contribution in [-0.2, 0) is 0 Å². The summed E-state index contributed by atoms with van der Waals surface area (Å²) in [6.07, 6.45) is -0.770. The van der Waals surface area contributed by atoms with Gasteiger partial charge in [-0.25, -0.2) is 4.98 Å². The Morgan fingerprint density at radius 3 is 2.74 bits per heavy atom. The van der Waals surface area contributed by atoms with Gasteiger partial charge in [-0.1, -0.05) is 0 Å². The van der Waals surface area contributed by atoms with E-state index in [1.54, 1.807) is 46.9 Å². The molecule has 0 saturated carbocycles. The van der Waals surface area contributed by atoms with Crippen molar-refractivity contribution in [2.75, 3.05) is 13.2 Å². The van der Waals surface area contributed by atoms with Crippen molar-refractivity contribution in [2.24, 2.45) is 0 Å². The SMILES string of the molecule is Cc1nc2c(cc(OCC(O)COc3ccc(C#N)cc3)c3ccsc32)s1. The number of thiazole rings is 1. The lowest BCUT2D eigenvalue weighted by atomic mass is 10.2. The molecule has 0 fully saturated rings. The lowest BCUT2D eigenvalue weighted by molar-refractivity contribution is 0.0632. The molecule has 5 nitrogen and oxygen atoms in total. The first-order valence-corrected chi connectivity index (χ1v) is 10.0. The number of hydrogen-bond donors (Lipinski definition) is 1. The zero-order valence-corrected chi connectivity index (χ0v) is 16.1. The summed E-state index contributed by atoms with van der Waals surface area (Å²) in [6.45, 7) is 2.24. The smallest absolute Gasteiger partial charge is 0.129 e. The Labute approximate surface area is 164 Å². The Morgan fingerprint density at radius 1 is 1.19 bits per heavy atom. The molecule has 2 aromatic heterocycles. The van der Waals surface area contributed by atoms with Crippen LogP contribution < -0.4 is 9.47 Å². The summed E-state index contributed by atoms with van der Waals surface area (Å²) in [5, 5.41) is 23.1. The molecular formula is C20H16N2O3S2. The fraction of sp³-hybridized carbons (Fsp3) is 0.200. The minimum atomic E-state index is -0.770. The molecule has 4 aromatic rings. The minimum Gasteiger partial charge on any atom is -0.491 e. The Hall–Kier alpha value is -2.66. The van der Waals surface area contributed by atoms with Crippen LogP contribution in [0.15, 0.2) is 41.8 Å². The van der Waals surface area contributed by atoms with E-state index in [4.69, 9.17) is 14.7 Å². The molecule has 0 aliphatic heterocycles. The highest BCUT2D eigenvalue weighted by Gasteiger charge is 2.14. The second-order valence-corrected chi connectivity index (χ2v) is 8.18. The van der Waals surface area contributed by atoms with Gasteiger partial charge in [0, 0.05) is 11.5 Å². The maximum absolute atomic E-state index is 10.2. The van der Waals surface area contributed by atoms with Crippen LogP contribution in [0.4, 0.5) is 0 Å². The molecule has 0 bridgehead atoms. The van der Waals surface area contributed by atoms with Gasteiger partial charge in [0.25, 0.3) is 0 Å². The second-order valence-electron chi connectivity index (χ2n) is 6.03. The number of rotatable bonds is 6. The quantitative estimate of drug-likeness (QED) is 0.519. The van der Waals surface area contributed by atoms with Crippen LogP contribution >= 0.6 is 22.7 Å². The first-order valence-electron chi connectivity index (χ1n) is 8.35. The molecule has 2 aromatic carbocycles. The molecule has 0 radical (unpaired) electrons. The number of aliphatic hydroxyl groups is 1. The molecule has 4 rings (SSSR count). The molecule has 136 valence electrons. The van der Waals surface area contributed by atoms with E-state index in [1.807, 2.05) is 24.4 Å². The van der Waals surface area contributed by atoms with Crippen LogP contribution in [0.1, 0.15) is 10.6 Å². The average molecular weight is 396 g/mol. The number of aromatic nitrogens is 1. The topological polar surface area (TPSA) is 75.4 Å². The van der Waals surface area contributed by atoms with Gasteiger partial charge in [0.1, 0.15) is 30.8 Å². The third kappa shape index (κ3) is 3.74. The predicted octanol–water partition coefficient (Wildman–Crippen LogP) is 4.51. The van der Waals surface area contributed by atoms with E-state index in [2.05, 4.69) is 11.1 Å². The number of benzene rings is 2. The molecule has 0 amide bonds. The van der Waals surface area contributed by atoms with E-state index in [1.165, 1.54) is 0 Å². The fourth-order valence-corrected chi connectivity index (χ4v) is 4.59. The molecule has 0 aliphatic carbocycles. The maximum Gasteiger partial charge on any atom is 0.129 e. The number of aliphatic hydroxyl groups excluding tert-OH is 1. The molecule has 0 aliphatic rings. The van der Waals surface area contributed by atoms with Crippen molar-refractivity contribution in [3.8, 4) is 17.6 Å².